The maximum absolute atomic E-state index is 6.58. The van der Waals surface area contributed by atoms with E-state index < -0.39 is 16.2 Å². The molecule has 6 aromatic rings. The van der Waals surface area contributed by atoms with Gasteiger partial charge in [0.2, 0.25) is 0 Å². The zero-order valence-electron chi connectivity index (χ0n) is 17.7. The van der Waals surface area contributed by atoms with Crippen molar-refractivity contribution in [2.75, 3.05) is 0 Å². The van der Waals surface area contributed by atoms with Crippen LogP contribution in [0.3, 0.4) is 0 Å². The Balaban J connectivity index is 1.77. The summed E-state index contributed by atoms with van der Waals surface area (Å²) in [6.07, 6.45) is 5.45. The number of fused-ring (bicyclic) bond motifs is 3. The Morgan fingerprint density at radius 3 is 1.09 bits per heavy atom. The first kappa shape index (κ1) is 21.9. The minimum atomic E-state index is -2.87. The van der Waals surface area contributed by atoms with E-state index in [0.717, 1.165) is 32.7 Å². The Bertz CT molecular complexity index is 1520. The summed E-state index contributed by atoms with van der Waals surface area (Å²) in [6.45, 7) is 0. The van der Waals surface area contributed by atoms with Gasteiger partial charge >= 0.3 is 217 Å². The summed E-state index contributed by atoms with van der Waals surface area (Å²) >= 11 is 16.9. The van der Waals surface area contributed by atoms with Crippen molar-refractivity contribution < 1.29 is 0 Å². The van der Waals surface area contributed by atoms with Crippen LogP contribution in [0.4, 0.5) is 0 Å². The summed E-state index contributed by atoms with van der Waals surface area (Å²) in [5, 5.41) is 4.88. The predicted molar refractivity (Wildman–Crippen MR) is 145 cm³/mol. The van der Waals surface area contributed by atoms with Gasteiger partial charge in [-0.1, -0.05) is 0 Å². The summed E-state index contributed by atoms with van der Waals surface area (Å²) in [6, 6.07) is 24.1. The standard InChI is InChI=1S/3C9H5ClN.Ga/c3*10-8-4-1-5-9-7(8)3-2-6-11-9;/h3*1-4,6H;. The Labute approximate surface area is 216 Å². The van der Waals surface area contributed by atoms with Crippen LogP contribution >= 0.6 is 34.8 Å². The number of hydrogen-bond donors (Lipinski definition) is 0. The average Bonchev–Trinajstić information content (AvgIpc) is 2.88. The van der Waals surface area contributed by atoms with Gasteiger partial charge in [-0.05, 0) is 0 Å². The molecule has 0 radical (unpaired) electrons. The SMILES string of the molecule is Clc1cc[c]([Ga]([c]2ccc(Cl)c3cccnc23)[c]2ccc(Cl)c3cccnc23)c2ncccc12. The summed E-state index contributed by atoms with van der Waals surface area (Å²) in [4.78, 5) is 14.3. The number of hydrogen-bond acceptors (Lipinski definition) is 3. The second-order valence-corrected chi connectivity index (χ2v) is 15.0. The third-order valence-corrected chi connectivity index (χ3v) is 14.0. The van der Waals surface area contributed by atoms with Crippen LogP contribution in [-0.2, 0) is 0 Å². The van der Waals surface area contributed by atoms with Crippen LogP contribution < -0.4 is 12.4 Å². The zero-order valence-corrected chi connectivity index (χ0v) is 22.4. The van der Waals surface area contributed by atoms with Crippen molar-refractivity contribution in [1.82, 2.24) is 15.0 Å². The number of benzene rings is 3. The van der Waals surface area contributed by atoms with Crippen LogP contribution in [0.2, 0.25) is 15.1 Å². The molecule has 3 aromatic carbocycles. The molecule has 3 aromatic heterocycles. The van der Waals surface area contributed by atoms with Crippen molar-refractivity contribution in [2.45, 2.75) is 0 Å². The first-order chi connectivity index (χ1) is 16.6. The molecule has 6 rings (SSSR count). The monoisotopic (exact) mass is 555 g/mol. The molecule has 0 saturated carbocycles. The number of rotatable bonds is 3. The number of nitrogens with zero attached hydrogens (tertiary/aromatic N) is 3. The van der Waals surface area contributed by atoms with E-state index in [2.05, 4.69) is 18.2 Å². The molecular weight excluding hydrogens is 542 g/mol. The molecule has 0 N–H and O–H groups in total. The van der Waals surface area contributed by atoms with Gasteiger partial charge in [0.1, 0.15) is 0 Å². The summed E-state index contributed by atoms with van der Waals surface area (Å²) in [5.74, 6) is 0. The fourth-order valence-electron chi connectivity index (χ4n) is 4.68. The predicted octanol–water partition coefficient (Wildman–Crippen LogP) is 5.81. The first-order valence-corrected chi connectivity index (χ1v) is 15.5. The van der Waals surface area contributed by atoms with Crippen LogP contribution in [-0.4, -0.2) is 31.2 Å². The zero-order chi connectivity index (χ0) is 23.2. The molecule has 0 bridgehead atoms. The van der Waals surface area contributed by atoms with Crippen LogP contribution in [0.5, 0.6) is 0 Å². The second kappa shape index (κ2) is 8.88. The molecule has 0 saturated heterocycles. The quantitative estimate of drug-likeness (QED) is 0.258. The van der Waals surface area contributed by atoms with E-state index >= 15 is 0 Å². The van der Waals surface area contributed by atoms with Crippen molar-refractivity contribution in [1.29, 1.82) is 0 Å². The Hall–Kier alpha value is -2.60. The fraction of sp³-hybridized carbons (Fsp3) is 0. The third-order valence-electron chi connectivity index (χ3n) is 6.18. The van der Waals surface area contributed by atoms with Gasteiger partial charge in [0.15, 0.2) is 0 Å². The van der Waals surface area contributed by atoms with E-state index in [1.165, 1.54) is 12.4 Å². The molecule has 0 aliphatic heterocycles. The van der Waals surface area contributed by atoms with Crippen molar-refractivity contribution >= 4 is 96.1 Å². The molecule has 0 aliphatic carbocycles. The van der Waals surface area contributed by atoms with Crippen LogP contribution in [0.15, 0.2) is 91.4 Å². The minimum absolute atomic E-state index is 0.686. The molecule has 0 atom stereocenters. The summed E-state index contributed by atoms with van der Waals surface area (Å²) in [7, 11) is 0. The summed E-state index contributed by atoms with van der Waals surface area (Å²) in [5.41, 5.74) is 2.74. The van der Waals surface area contributed by atoms with Gasteiger partial charge in [-0.25, -0.2) is 0 Å². The summed E-state index contributed by atoms with van der Waals surface area (Å²) < 4.78 is 3.57. The molecule has 7 heteroatoms. The molecule has 3 nitrogen and oxygen atoms in total. The van der Waals surface area contributed by atoms with E-state index in [0.29, 0.717) is 15.1 Å². The molecule has 0 aliphatic rings. The van der Waals surface area contributed by atoms with Crippen molar-refractivity contribution in [3.63, 3.8) is 0 Å². The van der Waals surface area contributed by atoms with Gasteiger partial charge in [0, 0.05) is 0 Å². The van der Waals surface area contributed by atoms with E-state index in [4.69, 9.17) is 49.8 Å². The molecule has 3 heterocycles. The fourth-order valence-corrected chi connectivity index (χ4v) is 12.4. The molecule has 0 spiro atoms. The number of aromatic nitrogens is 3. The molecule has 162 valence electrons. The Kier molecular flexibility index (Phi) is 5.72. The van der Waals surface area contributed by atoms with Crippen molar-refractivity contribution in [3.05, 3.63) is 106 Å². The first-order valence-electron chi connectivity index (χ1n) is 10.7. The van der Waals surface area contributed by atoms with E-state index in [-0.39, 0.29) is 0 Å². The van der Waals surface area contributed by atoms with Gasteiger partial charge in [0.05, 0.1) is 0 Å². The van der Waals surface area contributed by atoms with Gasteiger partial charge in [-0.3, -0.25) is 0 Å². The topological polar surface area (TPSA) is 38.7 Å². The maximum atomic E-state index is 6.58. The number of pyridine rings is 3. The van der Waals surface area contributed by atoms with Gasteiger partial charge in [0.25, 0.3) is 0 Å². The second-order valence-electron chi connectivity index (χ2n) is 8.04. The van der Waals surface area contributed by atoms with E-state index in [9.17, 15) is 0 Å². The van der Waals surface area contributed by atoms with E-state index in [1.54, 1.807) is 0 Å². The van der Waals surface area contributed by atoms with Gasteiger partial charge in [-0.15, -0.1) is 0 Å². The van der Waals surface area contributed by atoms with Crippen LogP contribution in [0.25, 0.3) is 32.7 Å². The molecule has 0 unspecified atom stereocenters. The average molecular weight is 558 g/mol. The Morgan fingerprint density at radius 1 is 0.441 bits per heavy atom. The van der Waals surface area contributed by atoms with E-state index in [1.807, 2.05) is 73.2 Å². The molecule has 0 amide bonds. The van der Waals surface area contributed by atoms with Gasteiger partial charge < -0.3 is 0 Å². The molecule has 0 fully saturated rings. The molecule has 34 heavy (non-hydrogen) atoms. The van der Waals surface area contributed by atoms with Crippen LogP contribution in [0, 0.1) is 0 Å². The normalized spacial score (nSPS) is 11.4. The van der Waals surface area contributed by atoms with Gasteiger partial charge in [-0.2, -0.15) is 0 Å². The van der Waals surface area contributed by atoms with Crippen molar-refractivity contribution in [3.8, 4) is 0 Å². The molecular formula is C27H15Cl3GaN3. The number of halogens is 3. The van der Waals surface area contributed by atoms with Crippen LogP contribution in [0.1, 0.15) is 0 Å². The third kappa shape index (κ3) is 3.58. The Morgan fingerprint density at radius 2 is 0.765 bits per heavy atom. The van der Waals surface area contributed by atoms with Crippen molar-refractivity contribution in [2.24, 2.45) is 0 Å².